The third-order valence-corrected chi connectivity index (χ3v) is 26.4. The van der Waals surface area contributed by atoms with Crippen LogP contribution in [0.3, 0.4) is 0 Å². The molecule has 4 aliphatic heterocycles. The number of hydrogen-bond acceptors (Lipinski definition) is 31. The summed E-state index contributed by atoms with van der Waals surface area (Å²) in [5.41, 5.74) is 32.2. The Balaban J connectivity index is 0.000000127. The minimum atomic E-state index is -0.871. The van der Waals surface area contributed by atoms with E-state index in [0.29, 0.717) is 129 Å². The summed E-state index contributed by atoms with van der Waals surface area (Å²) in [4.78, 5) is 45.4. The number of ether oxygens (including phenoxy) is 3. The van der Waals surface area contributed by atoms with Crippen LogP contribution in [0.5, 0.6) is 17.2 Å². The highest BCUT2D eigenvalue weighted by molar-refractivity contribution is 5.96. The molecule has 0 spiro atoms. The second-order valence-corrected chi connectivity index (χ2v) is 40.0. The van der Waals surface area contributed by atoms with Crippen LogP contribution in [0.15, 0.2) is 79.5 Å². The minimum Gasteiger partial charge on any atom is -0.494 e. The first-order valence-corrected chi connectivity index (χ1v) is 46.1. The van der Waals surface area contributed by atoms with E-state index in [2.05, 4.69) is 113 Å². The maximum atomic E-state index is 14.5. The van der Waals surface area contributed by atoms with E-state index in [1.54, 1.807) is 23.2 Å². The van der Waals surface area contributed by atoms with Gasteiger partial charge in [0.2, 0.25) is 23.8 Å². The molecule has 732 valence electrons. The van der Waals surface area contributed by atoms with Crippen LogP contribution in [-0.2, 0) is 23.2 Å². The van der Waals surface area contributed by atoms with E-state index in [0.717, 1.165) is 97.8 Å². The molecule has 12 aromatic heterocycles. The summed E-state index contributed by atoms with van der Waals surface area (Å²) in [5, 5.41) is 78.2. The lowest BCUT2D eigenvalue weighted by molar-refractivity contribution is 0.0576. The van der Waals surface area contributed by atoms with Crippen LogP contribution in [0.2, 0.25) is 0 Å². The lowest BCUT2D eigenvalue weighted by atomic mass is 9.89. The van der Waals surface area contributed by atoms with Gasteiger partial charge in [0.1, 0.15) is 11.3 Å². The molecule has 20 rings (SSSR count). The van der Waals surface area contributed by atoms with Crippen molar-refractivity contribution in [3.63, 3.8) is 0 Å². The predicted molar refractivity (Wildman–Crippen MR) is 514 cm³/mol. The fourth-order valence-corrected chi connectivity index (χ4v) is 19.2. The number of fused-ring (bicyclic) bond motifs is 12. The molecule has 39 nitrogen and oxygen atoms in total. The van der Waals surface area contributed by atoms with Gasteiger partial charge < -0.3 is 77.2 Å². The number of nitrogens with two attached hydrogens (primary N) is 4. The summed E-state index contributed by atoms with van der Waals surface area (Å²) in [7, 11) is 4.23. The number of aromatic nitrogens is 24. The Bertz CT molecular complexity index is 7060. The molecule has 16 aromatic rings. The topological polar surface area (TPSA) is 469 Å². The van der Waals surface area contributed by atoms with E-state index < -0.39 is 51.3 Å². The second kappa shape index (κ2) is 37.0. The van der Waals surface area contributed by atoms with Gasteiger partial charge in [0, 0.05) is 141 Å². The van der Waals surface area contributed by atoms with Gasteiger partial charge in [0.05, 0.1) is 138 Å². The van der Waals surface area contributed by atoms with E-state index in [1.807, 2.05) is 103 Å². The zero-order chi connectivity index (χ0) is 98.7. The van der Waals surface area contributed by atoms with Crippen LogP contribution in [0.25, 0.3) is 66.2 Å². The highest BCUT2D eigenvalue weighted by atomic mass is 19.1. The van der Waals surface area contributed by atoms with Gasteiger partial charge in [-0.1, -0.05) is 27.7 Å². The molecule has 138 heavy (non-hydrogen) atoms. The van der Waals surface area contributed by atoms with Crippen molar-refractivity contribution in [1.82, 2.24) is 117 Å². The third kappa shape index (κ3) is 18.8. The molecule has 44 heteroatoms. The summed E-state index contributed by atoms with van der Waals surface area (Å²) < 4.78 is 99.9. The molecule has 0 unspecified atom stereocenters. The van der Waals surface area contributed by atoms with E-state index in [1.165, 1.54) is 81.9 Å². The molecule has 0 amide bonds. The lowest BCUT2D eigenvalue weighted by Gasteiger charge is -2.36. The van der Waals surface area contributed by atoms with Gasteiger partial charge in [-0.2, -0.15) is 38.5 Å². The van der Waals surface area contributed by atoms with Gasteiger partial charge in [-0.15, -0.1) is 20.4 Å². The zero-order valence-corrected chi connectivity index (χ0v) is 80.7. The van der Waals surface area contributed by atoms with E-state index in [-0.39, 0.29) is 101 Å². The van der Waals surface area contributed by atoms with Crippen LogP contribution < -0.4 is 56.7 Å². The maximum absolute atomic E-state index is 14.5. The number of aryl methyl sites for hydroxylation is 3. The van der Waals surface area contributed by atoms with Crippen molar-refractivity contribution in [2.24, 2.45) is 23.7 Å². The van der Waals surface area contributed by atoms with Gasteiger partial charge in [-0.3, -0.25) is 18.7 Å². The first kappa shape index (κ1) is 96.0. The number of anilines is 8. The summed E-state index contributed by atoms with van der Waals surface area (Å²) in [6.45, 7) is 36.5. The quantitative estimate of drug-likeness (QED) is 0.0349. The number of aliphatic hydroxyl groups is 4. The molecular weight excluding hydrogens is 1780 g/mol. The van der Waals surface area contributed by atoms with Gasteiger partial charge in [-0.25, -0.2) is 61.8 Å². The van der Waals surface area contributed by atoms with Gasteiger partial charge in [0.25, 0.3) is 0 Å². The number of methoxy groups -OCH3 is 3. The average Bonchev–Trinajstić information content (AvgIpc) is 1.61. The molecule has 4 fully saturated rings. The number of aliphatic hydroxyl groups excluding tert-OH is 3. The number of nitrogens with zero attached hydrogens (tertiary/aromatic N) is 28. The van der Waals surface area contributed by atoms with Crippen molar-refractivity contribution >= 4 is 113 Å². The number of benzene rings is 4. The fraction of sp³-hybridized carbons (Fsp3) is 0.489. The first-order valence-electron chi connectivity index (χ1n) is 46.1. The van der Waals surface area contributed by atoms with Gasteiger partial charge >= 0.3 is 0 Å². The SMILES string of the molecule is COc1cc2nc(N)n3nc([C@@H]4C[C@H](C)CN(c5cn(C(C)(C)CO)nc5C)C4)nc3c2cc1F.COc1cc2nc(N)n3nc([C@H]4C[C@@H](C)CN(c5cn(C(C)(C)CO)nc5C)C4)nc3c2cc1F.COc1cc2nc(N)n3nc([C@H]4C[C@@H](C)CN(c5cnn(C(C)(C)CO)c5)C4)nc3c2cc1F.Cc1nn(CC(C)(C)O)cc1N1C[C@@H](C)C[C@@H](c2nc3c4cc(F)cc(F)c4nc(N)n3n2)C1. The molecule has 4 saturated heterocycles. The second-order valence-electron chi connectivity index (χ2n) is 40.0. The van der Waals surface area contributed by atoms with Crippen molar-refractivity contribution in [3.05, 3.63) is 149 Å². The van der Waals surface area contributed by atoms with Crippen molar-refractivity contribution < 1.29 is 56.6 Å². The Morgan fingerprint density at radius 1 is 0.377 bits per heavy atom. The Labute approximate surface area is 790 Å². The Kier molecular flexibility index (Phi) is 25.7. The number of nitrogen functional groups attached to an aromatic ring is 4. The summed E-state index contributed by atoms with van der Waals surface area (Å²) in [6.07, 6.45) is 13.4. The molecule has 8 atom stereocenters. The van der Waals surface area contributed by atoms with E-state index in [4.69, 9.17) is 52.1 Å². The number of hydrogen-bond donors (Lipinski definition) is 8. The Morgan fingerprint density at radius 3 is 1.06 bits per heavy atom. The number of rotatable bonds is 19. The normalized spacial score (nSPS) is 19.2. The zero-order valence-electron chi connectivity index (χ0n) is 80.7. The average molecular weight is 1900 g/mol. The summed E-state index contributed by atoms with van der Waals surface area (Å²) >= 11 is 0. The molecule has 0 radical (unpaired) electrons. The molecule has 4 aromatic carbocycles. The minimum absolute atomic E-state index is 0.00351. The third-order valence-electron chi connectivity index (χ3n) is 26.4. The van der Waals surface area contributed by atoms with Crippen LogP contribution in [0, 0.1) is 73.5 Å². The number of halogens is 5. The van der Waals surface area contributed by atoms with Crippen molar-refractivity contribution in [1.29, 1.82) is 0 Å². The number of piperidine rings is 4. The van der Waals surface area contributed by atoms with Crippen molar-refractivity contribution in [2.45, 2.75) is 182 Å². The Morgan fingerprint density at radius 2 is 0.703 bits per heavy atom. The van der Waals surface area contributed by atoms with E-state index >= 15 is 0 Å². The van der Waals surface area contributed by atoms with Crippen molar-refractivity contribution in [2.75, 3.05) is 136 Å². The van der Waals surface area contributed by atoms with Crippen LogP contribution in [0.1, 0.15) is 173 Å². The highest BCUT2D eigenvalue weighted by Gasteiger charge is 2.39. The molecule has 12 N–H and O–H groups in total. The van der Waals surface area contributed by atoms with Crippen LogP contribution in [-0.4, -0.2) is 237 Å². The largest absolute Gasteiger partial charge is 0.494 e. The monoisotopic (exact) mass is 1900 g/mol. The van der Waals surface area contributed by atoms with Crippen LogP contribution >= 0.6 is 0 Å². The predicted octanol–water partition coefficient (Wildman–Crippen LogP) is 11.3. The first-order chi connectivity index (χ1) is 65.4. The Hall–Kier alpha value is -13.8. The molecule has 16 heterocycles. The summed E-state index contributed by atoms with van der Waals surface area (Å²) in [5.74, 6) is 2.05. The van der Waals surface area contributed by atoms with Crippen molar-refractivity contribution in [3.8, 4) is 17.2 Å². The van der Waals surface area contributed by atoms with Crippen LogP contribution in [0.4, 0.5) is 68.5 Å². The van der Waals surface area contributed by atoms with Gasteiger partial charge in [-0.05, 0) is 150 Å². The molecule has 0 saturated carbocycles. The van der Waals surface area contributed by atoms with Gasteiger partial charge in [0.15, 0.2) is 86.4 Å². The molecular formula is C94H119F5N32O7. The molecule has 0 bridgehead atoms. The fourth-order valence-electron chi connectivity index (χ4n) is 19.2. The maximum Gasteiger partial charge on any atom is 0.223 e. The molecule has 0 aliphatic carbocycles. The standard InChI is InChI=1S/2C24H31FN8O2.C23H28F2N8O.C23H29FN8O2/c2*1-13-6-15(10-31(9-13)19-11-32(29-14(19)2)24(3,4)12-34)21-28-22-16-7-17(25)20(35-5)8-18(16)27-23(26)33(22)30-21;1-12-5-14(9-31(8-12)18-10-32(29-13(18)2)11-23(3,4)34)20-28-21-16-6-15(24)7-17(25)19(16)27-22(26)33(21)30-20;1-13-5-14(10-30(9-13)15-8-26-31(11-15)23(2,3)12-33)20-28-21-16-6-17(24)19(34-4)7-18(16)27-22(25)32(21)29-20/h2*7-8,11,13,15,34H,6,9-10,12H2,1-5H3,(H2,26,27);6-7,10,12,14,34H,5,8-9,11H2,1-4H3,(H2,26,27);6-8,11,13-14,33H,5,9-10,12H2,1-4H3,(H2,25,27)/t2*13-,15+;12-,14+;13-,14+/m1001/s1. The highest BCUT2D eigenvalue weighted by Crippen LogP contribution is 2.42. The summed E-state index contributed by atoms with van der Waals surface area (Å²) in [6, 6.07) is 10.6. The van der Waals surface area contributed by atoms with E-state index in [9.17, 15) is 42.4 Å². The lowest BCUT2D eigenvalue weighted by Crippen LogP contribution is -2.39. The smallest absolute Gasteiger partial charge is 0.223 e. The molecule has 4 aliphatic rings.